The second-order valence-corrected chi connectivity index (χ2v) is 5.83. The summed E-state index contributed by atoms with van der Waals surface area (Å²) in [6.45, 7) is 1.99. The van der Waals surface area contributed by atoms with Crippen molar-refractivity contribution in [1.29, 1.82) is 0 Å². The van der Waals surface area contributed by atoms with Gasteiger partial charge in [-0.3, -0.25) is 4.79 Å². The van der Waals surface area contributed by atoms with E-state index in [9.17, 15) is 4.79 Å². The molecule has 0 spiro atoms. The maximum absolute atomic E-state index is 12.1. The van der Waals surface area contributed by atoms with E-state index in [0.717, 1.165) is 22.1 Å². The van der Waals surface area contributed by atoms with Gasteiger partial charge in [0.15, 0.2) is 0 Å². The van der Waals surface area contributed by atoms with Crippen LogP contribution in [0.25, 0.3) is 11.0 Å². The van der Waals surface area contributed by atoms with Crippen molar-refractivity contribution < 1.29 is 13.9 Å². The molecule has 3 aromatic rings. The van der Waals surface area contributed by atoms with Gasteiger partial charge in [-0.15, -0.1) is 0 Å². The third-order valence-electron chi connectivity index (χ3n) is 3.26. The minimum Gasteiger partial charge on any atom is -0.464 e. The lowest BCUT2D eigenvalue weighted by Gasteiger charge is -2.06. The van der Waals surface area contributed by atoms with Crippen molar-refractivity contribution in [2.75, 3.05) is 0 Å². The zero-order valence-electron chi connectivity index (χ0n) is 11.7. The van der Waals surface area contributed by atoms with Crippen molar-refractivity contribution in [3.8, 4) is 5.75 Å². The minimum absolute atomic E-state index is 0.107. The lowest BCUT2D eigenvalue weighted by Crippen LogP contribution is -2.11. The van der Waals surface area contributed by atoms with E-state index in [0.29, 0.717) is 15.8 Å². The van der Waals surface area contributed by atoms with Gasteiger partial charge in [0.25, 0.3) is 0 Å². The summed E-state index contributed by atoms with van der Waals surface area (Å²) < 4.78 is 10.7. The molecule has 3 nitrogen and oxygen atoms in total. The number of carbonyl (C=O) groups excluding carboxylic acids is 1. The third kappa shape index (κ3) is 3.11. The molecule has 0 aliphatic carbocycles. The van der Waals surface area contributed by atoms with Crippen LogP contribution >= 0.6 is 23.2 Å². The molecule has 112 valence electrons. The van der Waals surface area contributed by atoms with Crippen molar-refractivity contribution in [2.45, 2.75) is 13.3 Å². The monoisotopic (exact) mass is 334 g/mol. The molecule has 0 atom stereocenters. The lowest BCUT2D eigenvalue weighted by atomic mass is 10.1. The van der Waals surface area contributed by atoms with E-state index in [4.69, 9.17) is 32.4 Å². The van der Waals surface area contributed by atoms with Crippen molar-refractivity contribution in [3.63, 3.8) is 0 Å². The van der Waals surface area contributed by atoms with Crippen LogP contribution in [-0.4, -0.2) is 5.97 Å². The van der Waals surface area contributed by atoms with Gasteiger partial charge >= 0.3 is 5.97 Å². The molecule has 0 saturated heterocycles. The Labute approximate surface area is 137 Å². The molecule has 0 bridgehead atoms. The van der Waals surface area contributed by atoms with Gasteiger partial charge in [-0.25, -0.2) is 0 Å². The van der Waals surface area contributed by atoms with Crippen molar-refractivity contribution >= 4 is 40.1 Å². The van der Waals surface area contributed by atoms with E-state index in [1.165, 1.54) is 6.07 Å². The summed E-state index contributed by atoms with van der Waals surface area (Å²) in [5, 5.41) is 1.70. The zero-order valence-corrected chi connectivity index (χ0v) is 13.2. The number of esters is 1. The average Bonchev–Trinajstić information content (AvgIpc) is 2.84. The largest absolute Gasteiger partial charge is 0.464 e. The molecule has 22 heavy (non-hydrogen) atoms. The molecule has 1 aromatic heterocycles. The number of hydrogen-bond donors (Lipinski definition) is 0. The van der Waals surface area contributed by atoms with Crippen LogP contribution < -0.4 is 4.74 Å². The van der Waals surface area contributed by atoms with Crippen molar-refractivity contribution in [2.24, 2.45) is 0 Å². The molecule has 0 N–H and O–H groups in total. The van der Waals surface area contributed by atoms with E-state index >= 15 is 0 Å². The molecule has 0 aliphatic heterocycles. The highest BCUT2D eigenvalue weighted by Crippen LogP contribution is 2.28. The maximum atomic E-state index is 12.1. The molecule has 0 amide bonds. The van der Waals surface area contributed by atoms with Crippen LogP contribution in [0.4, 0.5) is 0 Å². The van der Waals surface area contributed by atoms with Crippen LogP contribution in [-0.2, 0) is 11.2 Å². The van der Waals surface area contributed by atoms with E-state index in [1.54, 1.807) is 18.4 Å². The summed E-state index contributed by atoms with van der Waals surface area (Å²) in [6, 6.07) is 10.5. The van der Waals surface area contributed by atoms with Crippen LogP contribution in [0.15, 0.2) is 47.1 Å². The molecule has 1 heterocycles. The molecular weight excluding hydrogens is 323 g/mol. The number of ether oxygens (including phenoxy) is 1. The topological polar surface area (TPSA) is 39.4 Å². The number of carbonyl (C=O) groups is 1. The second-order valence-electron chi connectivity index (χ2n) is 4.99. The molecule has 5 heteroatoms. The third-order valence-corrected chi connectivity index (χ3v) is 3.79. The summed E-state index contributed by atoms with van der Waals surface area (Å²) >= 11 is 11.8. The van der Waals surface area contributed by atoms with Crippen LogP contribution in [0.1, 0.15) is 11.1 Å². The summed E-state index contributed by atoms with van der Waals surface area (Å²) in [6.07, 6.45) is 1.68. The van der Waals surface area contributed by atoms with E-state index in [-0.39, 0.29) is 6.42 Å². The molecule has 0 aliphatic rings. The Morgan fingerprint density at radius 2 is 2.00 bits per heavy atom. The first-order valence-electron chi connectivity index (χ1n) is 6.65. The van der Waals surface area contributed by atoms with Crippen molar-refractivity contribution in [1.82, 2.24) is 0 Å². The molecule has 0 unspecified atom stereocenters. The highest BCUT2D eigenvalue weighted by Gasteiger charge is 2.14. The van der Waals surface area contributed by atoms with Gasteiger partial charge in [0.05, 0.1) is 17.7 Å². The predicted molar refractivity (Wildman–Crippen MR) is 86.8 cm³/mol. The number of hydrogen-bond acceptors (Lipinski definition) is 3. The Morgan fingerprint density at radius 1 is 1.18 bits per heavy atom. The van der Waals surface area contributed by atoms with Crippen molar-refractivity contribution in [3.05, 3.63) is 63.8 Å². The smallest absolute Gasteiger partial charge is 0.315 e. The Balaban J connectivity index is 1.79. The average molecular weight is 335 g/mol. The van der Waals surface area contributed by atoms with Gasteiger partial charge < -0.3 is 9.15 Å². The molecule has 2 aromatic carbocycles. The molecule has 0 radical (unpaired) electrons. The standard InChI is InChI=1S/C17H12Cl2O3/c1-10-2-4-15-13(6-10)11(9-21-15)7-17(20)22-16-5-3-12(18)8-14(16)19/h2-6,8-9H,7H2,1H3. The second kappa shape index (κ2) is 6.03. The summed E-state index contributed by atoms with van der Waals surface area (Å²) in [7, 11) is 0. The number of rotatable bonds is 3. The first-order valence-corrected chi connectivity index (χ1v) is 7.41. The minimum atomic E-state index is -0.409. The lowest BCUT2D eigenvalue weighted by molar-refractivity contribution is -0.133. The molecule has 0 saturated carbocycles. The van der Waals surface area contributed by atoms with Gasteiger partial charge in [0, 0.05) is 16.0 Å². The number of aryl methyl sites for hydroxylation is 1. The molecule has 3 rings (SSSR count). The molecular formula is C17H12Cl2O3. The Hall–Kier alpha value is -1.97. The summed E-state index contributed by atoms with van der Waals surface area (Å²) in [5.41, 5.74) is 2.64. The van der Waals surface area contributed by atoms with E-state index in [2.05, 4.69) is 0 Å². The molecule has 0 fully saturated rings. The Kier molecular flexibility index (Phi) is 4.10. The zero-order chi connectivity index (χ0) is 15.7. The highest BCUT2D eigenvalue weighted by molar-refractivity contribution is 6.35. The summed E-state index contributed by atoms with van der Waals surface area (Å²) in [5.74, 6) is -0.117. The Bertz CT molecular complexity index is 852. The fraction of sp³-hybridized carbons (Fsp3) is 0.118. The first kappa shape index (κ1) is 14.9. The highest BCUT2D eigenvalue weighted by atomic mass is 35.5. The van der Waals surface area contributed by atoms with Gasteiger partial charge in [0.2, 0.25) is 0 Å². The normalized spacial score (nSPS) is 10.9. The summed E-state index contributed by atoms with van der Waals surface area (Å²) in [4.78, 5) is 12.1. The number of halogens is 2. The first-order chi connectivity index (χ1) is 10.5. The van der Waals surface area contributed by atoms with E-state index < -0.39 is 5.97 Å². The van der Waals surface area contributed by atoms with Crippen LogP contribution in [0.3, 0.4) is 0 Å². The fourth-order valence-corrected chi connectivity index (χ4v) is 2.65. The number of fused-ring (bicyclic) bond motifs is 1. The van der Waals surface area contributed by atoms with Gasteiger partial charge in [-0.2, -0.15) is 0 Å². The predicted octanol–water partition coefficient (Wildman–Crippen LogP) is 5.20. The SMILES string of the molecule is Cc1ccc2occ(CC(=O)Oc3ccc(Cl)cc3Cl)c2c1. The van der Waals surface area contributed by atoms with Crippen LogP contribution in [0, 0.1) is 6.92 Å². The van der Waals surface area contributed by atoms with E-state index in [1.807, 2.05) is 25.1 Å². The number of benzene rings is 2. The maximum Gasteiger partial charge on any atom is 0.315 e. The number of furan rings is 1. The van der Waals surface area contributed by atoms with Gasteiger partial charge in [-0.1, -0.05) is 34.8 Å². The van der Waals surface area contributed by atoms with Crippen LogP contribution in [0.2, 0.25) is 10.0 Å². The van der Waals surface area contributed by atoms with Gasteiger partial charge in [0.1, 0.15) is 11.3 Å². The Morgan fingerprint density at radius 3 is 2.77 bits per heavy atom. The quantitative estimate of drug-likeness (QED) is 0.488. The fourth-order valence-electron chi connectivity index (χ4n) is 2.20. The van der Waals surface area contributed by atoms with Crippen LogP contribution in [0.5, 0.6) is 5.75 Å². The van der Waals surface area contributed by atoms with Gasteiger partial charge in [-0.05, 0) is 37.3 Å².